The number of carbonyl (C=O) groups excluding carboxylic acids is 8. The number of rotatable bonds is 21. The molecule has 0 aliphatic carbocycles. The zero-order chi connectivity index (χ0) is 102. The number of likely N-dealkylation sites (N-methyl/N-ethyl adjacent to an activating group) is 2. The number of anilines is 3. The molecule has 0 radical (unpaired) electrons. The van der Waals surface area contributed by atoms with Crippen molar-refractivity contribution in [2.75, 3.05) is 29.6 Å². The number of sulfonamides is 2. The smallest absolute Gasteiger partial charge is 0.328 e. The SMILES string of the molecule is CC.CC(C)NC(=O)N1C(=O)C(C(=O)c2cccs2)c2cc(Cl)ccc21.CC(C)OC1=C(C(=O)Nc2ccccn2)N(C)S(=O)(=O)c2ccccc21.CC(C)OC1=C(C(=O)Nc2ccccn2)N(C)S(=O)(=O)c2ccsc21.Cc1cc2n(c1C(=O)c1ccccc1)CCC2C(=O)OC(C)C.Cc1ccc2c(c1)c(CC(C)C)c(C)n2C(=O)c1ccc(Cl)cc1.Cc1ccc2cc(CCC(C)C)ccc2c1. The molecule has 31 heteroatoms. The number of thiophene rings is 2. The number of benzene rings is 7. The minimum atomic E-state index is -3.86. The summed E-state index contributed by atoms with van der Waals surface area (Å²) in [5.74, 6) is -1.15. The molecule has 2 unspecified atom stereocenters. The molecule has 0 fully saturated rings. The Hall–Kier alpha value is -13.2. The topological polar surface area (TPSA) is 314 Å². The van der Waals surface area contributed by atoms with Gasteiger partial charge in [0, 0.05) is 82.6 Å². The van der Waals surface area contributed by atoms with Crippen molar-refractivity contribution in [3.05, 3.63) is 334 Å². The summed E-state index contributed by atoms with van der Waals surface area (Å²) in [6, 6.07) is 63.7. The molecule has 140 heavy (non-hydrogen) atoms. The highest BCUT2D eigenvalue weighted by Crippen LogP contribution is 2.45. The summed E-state index contributed by atoms with van der Waals surface area (Å²) in [4.78, 5) is 112. The number of carbonyl (C=O) groups is 8. The number of halogens is 2. The molecule has 734 valence electrons. The lowest BCUT2D eigenvalue weighted by Crippen LogP contribution is -2.45. The maximum atomic E-state index is 13.1. The largest absolute Gasteiger partial charge is 0.488 e. The van der Waals surface area contributed by atoms with Crippen molar-refractivity contribution in [3.8, 4) is 0 Å². The summed E-state index contributed by atoms with van der Waals surface area (Å²) in [7, 11) is -4.99. The van der Waals surface area contributed by atoms with E-state index < -0.39 is 49.7 Å². The van der Waals surface area contributed by atoms with E-state index in [0.717, 1.165) is 48.3 Å². The van der Waals surface area contributed by atoms with E-state index in [2.05, 4.69) is 122 Å². The summed E-state index contributed by atoms with van der Waals surface area (Å²) >= 11 is 14.5. The van der Waals surface area contributed by atoms with Gasteiger partial charge < -0.3 is 34.7 Å². The Morgan fingerprint density at radius 3 is 1.73 bits per heavy atom. The standard InChI is InChI=1S/C21H22ClNO.C19H21NO3.C18H19N3O4S.C17H15ClN2O3S.C16H17N3O4S2.C16H20.C2H6/c1-13(2)11-18-15(4)23(20-10-5-14(3)12-19(18)20)21(24)16-6-8-17(22)9-7-16;1-12(2)23-19(22)15-9-10-20-16(15)11-13(3)17(20)18(21)14-7-5-4-6-8-14;1-12(2)25-17-13-8-4-5-9-14(13)26(23,24)21(3)16(17)18(22)20-15-10-6-7-11-19-15;1-9(2)19-17(23)20-12-6-5-10(18)8-11(12)14(16(20)22)15(21)13-4-3-7-24-13;1-10(2)23-14-13(16(20)18-12-6-4-5-8-17-12)19(3)25(21,22)11-7-9-24-15(11)14;1-12(2)4-6-14-7-9-15-10-13(3)5-8-16(15)11-14;1-2/h5-10,12-13H,11H2,1-4H3;4-8,11-12,15H,9-10H2,1-3H3;4-12H,1-3H3,(H,19,20,22);3-9,14H,1-2H3,(H,19,23);4-10H,1-3H3,(H,17,18,20);5,7-12H,4,6H2,1-3H3;1-2H3. The third-order valence-electron chi connectivity index (χ3n) is 22.6. The van der Waals surface area contributed by atoms with Gasteiger partial charge in [0.15, 0.2) is 28.7 Å². The van der Waals surface area contributed by atoms with Crippen LogP contribution in [-0.4, -0.2) is 130 Å². The molecular weight excluding hydrogens is 1890 g/mol. The van der Waals surface area contributed by atoms with Gasteiger partial charge in [-0.1, -0.05) is 179 Å². The number of pyridine rings is 2. The van der Waals surface area contributed by atoms with Crippen LogP contribution in [0.3, 0.4) is 0 Å². The number of esters is 1. The molecule has 6 aromatic heterocycles. The predicted octanol–water partition coefficient (Wildman–Crippen LogP) is 23.8. The molecule has 3 N–H and O–H groups in total. The maximum absolute atomic E-state index is 13.1. The fourth-order valence-corrected chi connectivity index (χ4v) is 21.2. The molecule has 0 bridgehead atoms. The molecule has 5 amide bonds. The van der Waals surface area contributed by atoms with Crippen LogP contribution in [0, 0.1) is 39.5 Å². The lowest BCUT2D eigenvalue weighted by molar-refractivity contribution is -0.149. The molecular formula is C109H120Cl2N10O15S4. The Morgan fingerprint density at radius 2 is 1.14 bits per heavy atom. The van der Waals surface area contributed by atoms with Crippen molar-refractivity contribution in [1.29, 1.82) is 0 Å². The van der Waals surface area contributed by atoms with E-state index in [9.17, 15) is 55.2 Å². The van der Waals surface area contributed by atoms with Crippen molar-refractivity contribution in [2.24, 2.45) is 11.8 Å². The van der Waals surface area contributed by atoms with E-state index in [4.69, 9.17) is 37.4 Å². The molecule has 0 saturated carbocycles. The molecule has 25 nitrogen and oxygen atoms in total. The first kappa shape index (κ1) is 107. The van der Waals surface area contributed by atoms with Gasteiger partial charge in [0.1, 0.15) is 22.4 Å². The highest BCUT2D eigenvalue weighted by molar-refractivity contribution is 7.89. The van der Waals surface area contributed by atoms with Crippen molar-refractivity contribution in [1.82, 2.24) is 33.0 Å². The van der Waals surface area contributed by atoms with E-state index in [1.165, 1.54) is 113 Å². The van der Waals surface area contributed by atoms with Gasteiger partial charge in [0.25, 0.3) is 43.7 Å². The second-order valence-corrected chi connectivity index (χ2v) is 42.2. The first-order chi connectivity index (χ1) is 66.5. The van der Waals surface area contributed by atoms with Crippen LogP contribution in [0.15, 0.2) is 257 Å². The molecule has 4 aliphatic rings. The number of aromatic nitrogens is 4. The van der Waals surface area contributed by atoms with E-state index >= 15 is 0 Å². The number of nitrogens with one attached hydrogen (secondary N) is 3. The molecule has 17 rings (SSSR count). The van der Waals surface area contributed by atoms with Crippen molar-refractivity contribution >= 4 is 164 Å². The van der Waals surface area contributed by atoms with Gasteiger partial charge in [-0.3, -0.25) is 46.7 Å². The van der Waals surface area contributed by atoms with Gasteiger partial charge in [0.05, 0.1) is 55.8 Å². The number of imide groups is 1. The third-order valence-corrected chi connectivity index (χ3v) is 28.6. The number of fused-ring (bicyclic) bond motifs is 6. The maximum Gasteiger partial charge on any atom is 0.328 e. The van der Waals surface area contributed by atoms with Crippen LogP contribution >= 0.6 is 45.9 Å². The van der Waals surface area contributed by atoms with Gasteiger partial charge >= 0.3 is 12.0 Å². The number of ketones is 2. The van der Waals surface area contributed by atoms with E-state index in [1.807, 2.05) is 115 Å². The normalized spacial score (nSPS) is 14.5. The van der Waals surface area contributed by atoms with Gasteiger partial charge in [-0.15, -0.1) is 22.7 Å². The van der Waals surface area contributed by atoms with Crippen LogP contribution in [0.2, 0.25) is 10.0 Å². The summed E-state index contributed by atoms with van der Waals surface area (Å²) in [6.45, 7) is 36.4. The van der Waals surface area contributed by atoms with Gasteiger partial charge in [-0.05, 0) is 274 Å². The third kappa shape index (κ3) is 25.3. The number of amides is 5. The second kappa shape index (κ2) is 47.7. The summed E-state index contributed by atoms with van der Waals surface area (Å²) in [6.07, 6.45) is 6.60. The van der Waals surface area contributed by atoms with E-state index in [1.54, 1.807) is 134 Å². The number of nitrogens with zero attached hydrogens (tertiary/aromatic N) is 7. The molecule has 0 saturated heterocycles. The lowest BCUT2D eigenvalue weighted by atomic mass is 9.95. The zero-order valence-corrected chi connectivity index (χ0v) is 87.1. The number of urea groups is 1. The molecule has 13 aromatic rings. The Balaban J connectivity index is 0.000000161. The quantitative estimate of drug-likeness (QED) is 0.0342. The highest BCUT2D eigenvalue weighted by atomic mass is 35.5. The number of aryl methyl sites for hydroxylation is 4. The Kier molecular flexibility index (Phi) is 36.5. The minimum Gasteiger partial charge on any atom is -0.488 e. The fourth-order valence-electron chi connectivity index (χ4n) is 16.2. The molecule has 10 heterocycles. The van der Waals surface area contributed by atoms with E-state index in [0.29, 0.717) is 84.0 Å². The summed E-state index contributed by atoms with van der Waals surface area (Å²) < 4.78 is 73.8. The molecule has 0 spiro atoms. The lowest BCUT2D eigenvalue weighted by Gasteiger charge is -2.31. The van der Waals surface area contributed by atoms with Crippen LogP contribution in [0.5, 0.6) is 0 Å². The number of Topliss-reactive ketones (excluding diaryl/α,β-unsaturated/α-hetero) is 1. The van der Waals surface area contributed by atoms with Crippen molar-refractivity contribution in [2.45, 2.75) is 203 Å². The number of hydrogen-bond donors (Lipinski definition) is 3. The average Bonchev–Trinajstić information content (AvgIpc) is 1.36. The highest BCUT2D eigenvalue weighted by Gasteiger charge is 2.47. The van der Waals surface area contributed by atoms with Crippen molar-refractivity contribution < 1.29 is 69.4 Å². The van der Waals surface area contributed by atoms with Crippen LogP contribution in [0.1, 0.15) is 213 Å². The van der Waals surface area contributed by atoms with Crippen molar-refractivity contribution in [3.63, 3.8) is 0 Å². The van der Waals surface area contributed by atoms with Crippen LogP contribution < -0.4 is 20.9 Å². The minimum absolute atomic E-state index is 0.00646. The Labute approximate surface area is 838 Å². The Bertz CT molecular complexity index is 6990. The fraction of sp³-hybridized carbons (Fsp3) is 0.303. The van der Waals surface area contributed by atoms with Gasteiger partial charge in [0.2, 0.25) is 5.78 Å². The predicted molar refractivity (Wildman–Crippen MR) is 559 cm³/mol. The first-order valence-corrected chi connectivity index (χ1v) is 51.8. The molecule has 4 aliphatic heterocycles. The van der Waals surface area contributed by atoms with Crippen LogP contribution in [0.4, 0.5) is 22.1 Å². The number of ether oxygens (including phenoxy) is 3. The van der Waals surface area contributed by atoms with Crippen LogP contribution in [0.25, 0.3) is 33.2 Å². The van der Waals surface area contributed by atoms with Crippen LogP contribution in [-0.2, 0) is 72.8 Å². The van der Waals surface area contributed by atoms with E-state index in [-0.39, 0.29) is 86.4 Å². The summed E-state index contributed by atoms with van der Waals surface area (Å²) in [5, 5.41) is 16.3. The zero-order valence-electron chi connectivity index (χ0n) is 82.3. The Morgan fingerprint density at radius 1 is 0.557 bits per heavy atom. The second-order valence-electron chi connectivity index (χ2n) is 35.6. The average molecular weight is 2010 g/mol. The summed E-state index contributed by atoms with van der Waals surface area (Å²) in [5.41, 5.74) is 12.2. The molecule has 7 aromatic carbocycles. The number of hydrogen-bond acceptors (Lipinski definition) is 19. The van der Waals surface area contributed by atoms with Gasteiger partial charge in [-0.2, -0.15) is 0 Å². The van der Waals surface area contributed by atoms with Gasteiger partial charge in [-0.25, -0.2) is 36.5 Å². The first-order valence-electron chi connectivity index (χ1n) is 46.4. The monoisotopic (exact) mass is 2010 g/mol. The molecule has 2 atom stereocenters.